The molecule has 2 aromatic heterocycles. The summed E-state index contributed by atoms with van der Waals surface area (Å²) < 4.78 is 49.3. The molecule has 4 rings (SSSR count). The summed E-state index contributed by atoms with van der Waals surface area (Å²) in [5.74, 6) is -0.484. The van der Waals surface area contributed by atoms with Crippen molar-refractivity contribution in [3.63, 3.8) is 0 Å². The summed E-state index contributed by atoms with van der Waals surface area (Å²) in [6, 6.07) is 12.0. The third-order valence-corrected chi connectivity index (χ3v) is 6.43. The van der Waals surface area contributed by atoms with E-state index in [1.54, 1.807) is 60.4 Å². The van der Waals surface area contributed by atoms with Crippen LogP contribution in [0, 0.1) is 0 Å². The number of para-hydroxylation sites is 1. The maximum atomic E-state index is 14.0. The van der Waals surface area contributed by atoms with Crippen LogP contribution in [0.1, 0.15) is 12.5 Å². The van der Waals surface area contributed by atoms with E-state index in [9.17, 15) is 18.0 Å². The lowest BCUT2D eigenvalue weighted by Crippen LogP contribution is -2.29. The summed E-state index contributed by atoms with van der Waals surface area (Å²) in [5.41, 5.74) is 2.03. The number of alkyl halides is 3. The number of nitrogens with zero attached hydrogens (tertiary/aromatic N) is 6. The number of halogens is 3. The molecule has 0 aliphatic heterocycles. The third kappa shape index (κ3) is 7.71. The number of benzene rings is 2. The third-order valence-electron chi connectivity index (χ3n) is 6.43. The maximum absolute atomic E-state index is 14.0. The Hall–Kier alpha value is -4.85. The quantitative estimate of drug-likeness (QED) is 0.211. The lowest BCUT2D eigenvalue weighted by Gasteiger charge is -2.26. The first-order chi connectivity index (χ1) is 20.3. The number of methoxy groups -OCH3 is 1. The van der Waals surface area contributed by atoms with Gasteiger partial charge in [-0.25, -0.2) is 4.98 Å². The molecule has 4 aromatic rings. The zero-order valence-corrected chi connectivity index (χ0v) is 24.7. The van der Waals surface area contributed by atoms with Gasteiger partial charge in [0, 0.05) is 63.8 Å². The normalized spacial score (nSPS) is 11.4. The highest BCUT2D eigenvalue weighted by Crippen LogP contribution is 2.40. The fraction of sp³-hybridized carbons (Fsp3) is 0.310. The van der Waals surface area contributed by atoms with Crippen molar-refractivity contribution in [1.82, 2.24) is 24.6 Å². The van der Waals surface area contributed by atoms with Crippen LogP contribution < -0.4 is 25.6 Å². The van der Waals surface area contributed by atoms with E-state index in [-0.39, 0.29) is 11.9 Å². The Kier molecular flexibility index (Phi) is 9.39. The minimum Gasteiger partial charge on any atom is -0.494 e. The van der Waals surface area contributed by atoms with Gasteiger partial charge in [0.25, 0.3) is 0 Å². The highest BCUT2D eigenvalue weighted by atomic mass is 19.4. The van der Waals surface area contributed by atoms with E-state index in [0.29, 0.717) is 52.5 Å². The highest BCUT2D eigenvalue weighted by Gasteiger charge is 2.35. The van der Waals surface area contributed by atoms with E-state index in [0.717, 1.165) is 6.54 Å². The van der Waals surface area contributed by atoms with Gasteiger partial charge in [-0.3, -0.25) is 9.48 Å². The number of carbonyl (C=O) groups is 1. The second-order valence-electron chi connectivity index (χ2n) is 10.1. The van der Waals surface area contributed by atoms with Crippen LogP contribution in [0.4, 0.5) is 47.7 Å². The molecule has 0 unspecified atom stereocenters. The highest BCUT2D eigenvalue weighted by molar-refractivity contribution is 5.95. The van der Waals surface area contributed by atoms with Crippen LogP contribution in [0.3, 0.4) is 0 Å². The van der Waals surface area contributed by atoms with E-state index >= 15 is 0 Å². The van der Waals surface area contributed by atoms with E-state index < -0.39 is 17.6 Å². The molecule has 2 aromatic carbocycles. The van der Waals surface area contributed by atoms with Gasteiger partial charge in [-0.05, 0) is 32.3 Å². The number of nitrogens with one attached hydrogen (secondary N) is 3. The zero-order valence-electron chi connectivity index (χ0n) is 24.7. The average molecular weight is 598 g/mol. The lowest BCUT2D eigenvalue weighted by molar-refractivity contribution is -0.137. The summed E-state index contributed by atoms with van der Waals surface area (Å²) in [6.07, 6.45) is -2.27. The Morgan fingerprint density at radius 2 is 1.77 bits per heavy atom. The molecule has 228 valence electrons. The number of ether oxygens (including phenoxy) is 1. The van der Waals surface area contributed by atoms with Crippen molar-refractivity contribution in [3.05, 3.63) is 60.4 Å². The topological polar surface area (TPSA) is 112 Å². The van der Waals surface area contributed by atoms with Crippen molar-refractivity contribution in [2.45, 2.75) is 13.1 Å². The van der Waals surface area contributed by atoms with Gasteiger partial charge >= 0.3 is 6.18 Å². The Morgan fingerprint density at radius 3 is 2.40 bits per heavy atom. The molecule has 11 nitrogen and oxygen atoms in total. The first-order valence-corrected chi connectivity index (χ1v) is 13.3. The molecule has 0 saturated heterocycles. The van der Waals surface area contributed by atoms with Gasteiger partial charge in [0.05, 0.1) is 29.9 Å². The van der Waals surface area contributed by atoms with Crippen molar-refractivity contribution >= 4 is 40.4 Å². The molecule has 2 heterocycles. The van der Waals surface area contributed by atoms with Gasteiger partial charge < -0.3 is 30.5 Å². The molecule has 14 heteroatoms. The van der Waals surface area contributed by atoms with Crippen LogP contribution in [-0.4, -0.2) is 71.9 Å². The first kappa shape index (κ1) is 31.1. The van der Waals surface area contributed by atoms with Crippen molar-refractivity contribution in [1.29, 1.82) is 0 Å². The van der Waals surface area contributed by atoms with Gasteiger partial charge in [-0.2, -0.15) is 23.3 Å². The molecular weight excluding hydrogens is 563 g/mol. The monoisotopic (exact) mass is 597 g/mol. The Balaban J connectivity index is 1.73. The van der Waals surface area contributed by atoms with Crippen molar-refractivity contribution in [2.75, 3.05) is 62.2 Å². The van der Waals surface area contributed by atoms with Gasteiger partial charge in [0.15, 0.2) is 0 Å². The van der Waals surface area contributed by atoms with Crippen LogP contribution in [-0.2, 0) is 18.0 Å². The summed E-state index contributed by atoms with van der Waals surface area (Å²) >= 11 is 0. The Bertz CT molecular complexity index is 1590. The number of rotatable bonds is 11. The predicted octanol–water partition coefficient (Wildman–Crippen LogP) is 5.35. The molecule has 0 bridgehead atoms. The Morgan fingerprint density at radius 1 is 1.02 bits per heavy atom. The molecule has 0 aliphatic carbocycles. The van der Waals surface area contributed by atoms with Crippen LogP contribution in [0.5, 0.6) is 5.75 Å². The minimum atomic E-state index is -4.73. The number of amides is 1. The van der Waals surface area contributed by atoms with Crippen LogP contribution in [0.2, 0.25) is 0 Å². The van der Waals surface area contributed by atoms with E-state index in [4.69, 9.17) is 4.74 Å². The number of likely N-dealkylation sites (N-methyl/N-ethyl adjacent to an activating group) is 2. The fourth-order valence-corrected chi connectivity index (χ4v) is 4.28. The van der Waals surface area contributed by atoms with Crippen LogP contribution in [0.25, 0.3) is 11.3 Å². The SMILES string of the molecule is COc1cc(N(C)CCN(C)C)c(NC(C)=O)cc1Nc1ncc(C(F)(F)F)c(Nc2ccccc2-c2ccn(C)n2)n1. The summed E-state index contributed by atoms with van der Waals surface area (Å²) in [6.45, 7) is 2.81. The Labute approximate surface area is 247 Å². The molecule has 0 saturated carbocycles. The smallest absolute Gasteiger partial charge is 0.421 e. The molecule has 0 radical (unpaired) electrons. The van der Waals surface area contributed by atoms with Crippen LogP contribution >= 0.6 is 0 Å². The number of hydrogen-bond donors (Lipinski definition) is 3. The molecule has 43 heavy (non-hydrogen) atoms. The first-order valence-electron chi connectivity index (χ1n) is 13.3. The largest absolute Gasteiger partial charge is 0.494 e. The molecule has 3 N–H and O–H groups in total. The number of carbonyl (C=O) groups excluding carboxylic acids is 1. The molecule has 0 fully saturated rings. The molecule has 0 aliphatic rings. The molecular formula is C29H34F3N9O2. The summed E-state index contributed by atoms with van der Waals surface area (Å²) in [5, 5.41) is 13.0. The second kappa shape index (κ2) is 13.0. The molecule has 1 amide bonds. The minimum absolute atomic E-state index is 0.119. The fourth-order valence-electron chi connectivity index (χ4n) is 4.28. The number of aromatic nitrogens is 4. The number of hydrogen-bond acceptors (Lipinski definition) is 9. The lowest BCUT2D eigenvalue weighted by atomic mass is 10.1. The van der Waals surface area contributed by atoms with Gasteiger partial charge in [0.2, 0.25) is 11.9 Å². The predicted molar refractivity (Wildman–Crippen MR) is 161 cm³/mol. The summed E-state index contributed by atoms with van der Waals surface area (Å²) in [4.78, 5) is 24.2. The van der Waals surface area contributed by atoms with E-state index in [1.807, 2.05) is 30.9 Å². The maximum Gasteiger partial charge on any atom is 0.421 e. The number of anilines is 6. The van der Waals surface area contributed by atoms with Crippen molar-refractivity contribution < 1.29 is 22.7 Å². The standard InChI is InChI=1S/C29H34F3N9O2/c1-18(42)34-23-15-24(26(43-6)16-25(23)40(4)14-13-39(2)3)36-28-33-17-20(29(30,31)32)27(37-28)35-21-10-8-7-9-19(21)22-11-12-41(5)38-22/h7-12,15-17H,13-14H2,1-6H3,(H,34,42)(H2,33,35,36,37). The average Bonchev–Trinajstić information content (AvgIpc) is 3.37. The van der Waals surface area contributed by atoms with Gasteiger partial charge in [-0.15, -0.1) is 0 Å². The zero-order chi connectivity index (χ0) is 31.3. The van der Waals surface area contributed by atoms with Crippen molar-refractivity contribution in [2.24, 2.45) is 7.05 Å². The van der Waals surface area contributed by atoms with E-state index in [1.165, 1.54) is 14.0 Å². The van der Waals surface area contributed by atoms with Gasteiger partial charge in [-0.1, -0.05) is 18.2 Å². The second-order valence-corrected chi connectivity index (χ2v) is 10.1. The molecule has 0 atom stereocenters. The van der Waals surface area contributed by atoms with E-state index in [2.05, 4.69) is 31.0 Å². The molecule has 0 spiro atoms. The van der Waals surface area contributed by atoms with Crippen LogP contribution in [0.15, 0.2) is 54.9 Å². The summed E-state index contributed by atoms with van der Waals surface area (Å²) in [7, 11) is 9.03. The van der Waals surface area contributed by atoms with Crippen molar-refractivity contribution in [3.8, 4) is 17.0 Å². The van der Waals surface area contributed by atoms with Gasteiger partial charge in [0.1, 0.15) is 17.1 Å². The number of aryl methyl sites for hydroxylation is 1.